The zero-order chi connectivity index (χ0) is 13.0. The van der Waals surface area contributed by atoms with E-state index < -0.39 is 0 Å². The van der Waals surface area contributed by atoms with Crippen LogP contribution in [-0.2, 0) is 0 Å². The first-order chi connectivity index (χ1) is 9.27. The highest BCUT2D eigenvalue weighted by molar-refractivity contribution is 6.22. The number of benzene rings is 2. The van der Waals surface area contributed by atoms with E-state index in [1.807, 2.05) is 37.4 Å². The van der Waals surface area contributed by atoms with Crippen LogP contribution in [0.5, 0.6) is 0 Å². The van der Waals surface area contributed by atoms with Gasteiger partial charge in [-0.2, -0.15) is 0 Å². The summed E-state index contributed by atoms with van der Waals surface area (Å²) < 4.78 is 0. The number of carbonyl (C=O) groups is 1. The van der Waals surface area contributed by atoms with Gasteiger partial charge in [0.2, 0.25) is 0 Å². The van der Waals surface area contributed by atoms with Gasteiger partial charge >= 0.3 is 0 Å². The molecular formula is C17H13NO. The van der Waals surface area contributed by atoms with E-state index in [0.717, 1.165) is 27.4 Å². The highest BCUT2D eigenvalue weighted by Gasteiger charge is 2.24. The van der Waals surface area contributed by atoms with E-state index in [2.05, 4.69) is 23.2 Å². The lowest BCUT2D eigenvalue weighted by Gasteiger charge is -2.18. The second-order valence-electron chi connectivity index (χ2n) is 5.11. The third kappa shape index (κ3) is 1.28. The number of hydrogen-bond donors (Lipinski definition) is 1. The molecule has 0 bridgehead atoms. The van der Waals surface area contributed by atoms with Gasteiger partial charge in [-0.3, -0.25) is 4.79 Å². The number of carbonyl (C=O) groups excluding carboxylic acids is 1. The van der Waals surface area contributed by atoms with Gasteiger partial charge in [0.1, 0.15) is 0 Å². The Bertz CT molecular complexity index is 854. The Hall–Kier alpha value is -2.35. The van der Waals surface area contributed by atoms with Gasteiger partial charge in [0.25, 0.3) is 0 Å². The van der Waals surface area contributed by atoms with E-state index >= 15 is 0 Å². The number of fused-ring (bicyclic) bond motifs is 6. The molecule has 2 nitrogen and oxygen atoms in total. The van der Waals surface area contributed by atoms with Crippen molar-refractivity contribution >= 4 is 33.5 Å². The SMILES string of the molecule is CC1C=Cc2c(c3cc[nH]c3c3ccccc23)C1=O. The maximum absolute atomic E-state index is 12.5. The average molecular weight is 247 g/mol. The van der Waals surface area contributed by atoms with Crippen molar-refractivity contribution in [3.63, 3.8) is 0 Å². The van der Waals surface area contributed by atoms with Crippen molar-refractivity contribution in [2.75, 3.05) is 0 Å². The highest BCUT2D eigenvalue weighted by Crippen LogP contribution is 2.36. The third-order valence-corrected chi connectivity index (χ3v) is 3.98. The molecule has 0 spiro atoms. The molecule has 19 heavy (non-hydrogen) atoms. The normalized spacial score (nSPS) is 18.2. The van der Waals surface area contributed by atoms with Crippen LogP contribution in [0.25, 0.3) is 27.8 Å². The molecular weight excluding hydrogens is 234 g/mol. The molecule has 0 fully saturated rings. The summed E-state index contributed by atoms with van der Waals surface area (Å²) in [7, 11) is 0. The fourth-order valence-corrected chi connectivity index (χ4v) is 3.01. The molecule has 1 N–H and O–H groups in total. The van der Waals surface area contributed by atoms with Gasteiger partial charge in [-0.15, -0.1) is 0 Å². The van der Waals surface area contributed by atoms with Crippen molar-refractivity contribution in [3.8, 4) is 0 Å². The second-order valence-corrected chi connectivity index (χ2v) is 5.11. The van der Waals surface area contributed by atoms with E-state index in [4.69, 9.17) is 0 Å². The van der Waals surface area contributed by atoms with Crippen molar-refractivity contribution in [2.24, 2.45) is 5.92 Å². The smallest absolute Gasteiger partial charge is 0.170 e. The summed E-state index contributed by atoms with van der Waals surface area (Å²) in [6.07, 6.45) is 6.00. The van der Waals surface area contributed by atoms with Crippen molar-refractivity contribution in [1.29, 1.82) is 0 Å². The van der Waals surface area contributed by atoms with Gasteiger partial charge in [-0.05, 0) is 17.0 Å². The number of ketones is 1. The first-order valence-corrected chi connectivity index (χ1v) is 6.51. The maximum atomic E-state index is 12.5. The molecule has 3 aromatic rings. The fourth-order valence-electron chi connectivity index (χ4n) is 3.01. The van der Waals surface area contributed by atoms with Crippen molar-refractivity contribution in [1.82, 2.24) is 4.98 Å². The molecule has 0 saturated heterocycles. The van der Waals surface area contributed by atoms with Gasteiger partial charge in [0.15, 0.2) is 5.78 Å². The van der Waals surface area contributed by atoms with Crippen LogP contribution >= 0.6 is 0 Å². The Morgan fingerprint density at radius 1 is 1.05 bits per heavy atom. The number of rotatable bonds is 0. The minimum atomic E-state index is -0.0354. The maximum Gasteiger partial charge on any atom is 0.170 e. The van der Waals surface area contributed by atoms with Gasteiger partial charge in [-0.25, -0.2) is 0 Å². The first-order valence-electron chi connectivity index (χ1n) is 6.51. The lowest BCUT2D eigenvalue weighted by Crippen LogP contribution is -2.14. The topological polar surface area (TPSA) is 32.9 Å². The number of aromatic amines is 1. The van der Waals surface area contributed by atoms with E-state index in [1.54, 1.807) is 0 Å². The van der Waals surface area contributed by atoms with Crippen LogP contribution < -0.4 is 0 Å². The first kappa shape index (κ1) is 10.6. The molecule has 0 radical (unpaired) electrons. The molecule has 1 unspecified atom stereocenters. The van der Waals surface area contributed by atoms with Crippen LogP contribution in [0.2, 0.25) is 0 Å². The molecule has 1 aliphatic rings. The van der Waals surface area contributed by atoms with E-state index in [-0.39, 0.29) is 11.7 Å². The summed E-state index contributed by atoms with van der Waals surface area (Å²) in [5.41, 5.74) is 2.99. The summed E-state index contributed by atoms with van der Waals surface area (Å²) in [6, 6.07) is 10.2. The zero-order valence-electron chi connectivity index (χ0n) is 10.6. The van der Waals surface area contributed by atoms with Crippen LogP contribution in [0.3, 0.4) is 0 Å². The van der Waals surface area contributed by atoms with Gasteiger partial charge < -0.3 is 4.98 Å². The fraction of sp³-hybridized carbons (Fsp3) is 0.118. The molecule has 1 atom stereocenters. The molecule has 0 amide bonds. The number of H-pyrrole nitrogens is 1. The molecule has 2 heteroatoms. The van der Waals surface area contributed by atoms with Crippen LogP contribution in [0.15, 0.2) is 42.6 Å². The molecule has 2 aromatic carbocycles. The van der Waals surface area contributed by atoms with Gasteiger partial charge in [-0.1, -0.05) is 43.3 Å². The van der Waals surface area contributed by atoms with Crippen molar-refractivity contribution in [2.45, 2.75) is 6.92 Å². The summed E-state index contributed by atoms with van der Waals surface area (Å²) in [4.78, 5) is 15.8. The summed E-state index contributed by atoms with van der Waals surface area (Å²) in [5, 5.41) is 3.35. The van der Waals surface area contributed by atoms with Crippen molar-refractivity contribution < 1.29 is 4.79 Å². The molecule has 4 rings (SSSR count). The predicted octanol–water partition coefficient (Wildman–Crippen LogP) is 4.17. The Morgan fingerprint density at radius 3 is 2.68 bits per heavy atom. The number of nitrogens with one attached hydrogen (secondary N) is 1. The number of Topliss-reactive ketones (excluding diaryl/α,β-unsaturated/α-hetero) is 1. The molecule has 0 aliphatic heterocycles. The number of allylic oxidation sites excluding steroid dienone is 1. The van der Waals surface area contributed by atoms with E-state index in [9.17, 15) is 4.79 Å². The van der Waals surface area contributed by atoms with Crippen LogP contribution in [0.4, 0.5) is 0 Å². The molecule has 0 saturated carbocycles. The monoisotopic (exact) mass is 247 g/mol. The van der Waals surface area contributed by atoms with E-state index in [0.29, 0.717) is 0 Å². The quantitative estimate of drug-likeness (QED) is 0.635. The predicted molar refractivity (Wildman–Crippen MR) is 78.3 cm³/mol. The molecule has 1 heterocycles. The Kier molecular flexibility index (Phi) is 1.99. The Balaban J connectivity index is 2.31. The molecule has 92 valence electrons. The lowest BCUT2D eigenvalue weighted by molar-refractivity contribution is 0.0953. The molecule has 1 aliphatic carbocycles. The van der Waals surface area contributed by atoms with Gasteiger partial charge in [0.05, 0.1) is 5.52 Å². The largest absolute Gasteiger partial charge is 0.361 e. The van der Waals surface area contributed by atoms with Crippen molar-refractivity contribution in [3.05, 3.63) is 53.7 Å². The lowest BCUT2D eigenvalue weighted by atomic mass is 9.84. The third-order valence-electron chi connectivity index (χ3n) is 3.98. The standard InChI is InChI=1S/C17H13NO/c1-10-6-7-12-11-4-2-3-5-13(11)16-14(8-9-18-16)15(12)17(10)19/h2-10,18H,1H3. The van der Waals surface area contributed by atoms with Crippen LogP contribution in [0, 0.1) is 5.92 Å². The van der Waals surface area contributed by atoms with E-state index in [1.165, 1.54) is 5.39 Å². The zero-order valence-corrected chi connectivity index (χ0v) is 10.6. The average Bonchev–Trinajstić information content (AvgIpc) is 2.92. The summed E-state index contributed by atoms with van der Waals surface area (Å²) in [5.74, 6) is 0.180. The van der Waals surface area contributed by atoms with Gasteiger partial charge in [0, 0.05) is 28.5 Å². The van der Waals surface area contributed by atoms with Crippen LogP contribution in [-0.4, -0.2) is 10.8 Å². The highest BCUT2D eigenvalue weighted by atomic mass is 16.1. The second kappa shape index (κ2) is 3.58. The minimum absolute atomic E-state index is 0.0354. The van der Waals surface area contributed by atoms with Crippen LogP contribution in [0.1, 0.15) is 22.8 Å². The Labute approximate surface area is 110 Å². The number of hydrogen-bond acceptors (Lipinski definition) is 1. The molecule has 1 aromatic heterocycles. The Morgan fingerprint density at radius 2 is 1.84 bits per heavy atom. The minimum Gasteiger partial charge on any atom is -0.361 e. The number of aromatic nitrogens is 1. The summed E-state index contributed by atoms with van der Waals surface area (Å²) >= 11 is 0. The summed E-state index contributed by atoms with van der Waals surface area (Å²) in [6.45, 7) is 1.95.